The summed E-state index contributed by atoms with van der Waals surface area (Å²) >= 11 is 0. The van der Waals surface area contributed by atoms with E-state index in [0.717, 1.165) is 30.5 Å². The van der Waals surface area contributed by atoms with Gasteiger partial charge in [-0.25, -0.2) is 4.98 Å². The lowest BCUT2D eigenvalue weighted by Gasteiger charge is -2.23. The Morgan fingerprint density at radius 2 is 2.26 bits per heavy atom. The number of benzene rings is 1. The molecule has 0 aliphatic carbocycles. The van der Waals surface area contributed by atoms with Gasteiger partial charge in [0.15, 0.2) is 0 Å². The van der Waals surface area contributed by atoms with E-state index in [4.69, 9.17) is 5.73 Å². The van der Waals surface area contributed by atoms with E-state index >= 15 is 0 Å². The molecule has 0 bridgehead atoms. The predicted octanol–water partition coefficient (Wildman–Crippen LogP) is 1.04. The van der Waals surface area contributed by atoms with Gasteiger partial charge < -0.3 is 10.6 Å². The molecule has 2 aromatic rings. The van der Waals surface area contributed by atoms with E-state index in [9.17, 15) is 9.59 Å². The maximum absolute atomic E-state index is 12.5. The highest BCUT2D eigenvalue weighted by molar-refractivity contribution is 5.80. The number of carbonyl (C=O) groups is 1. The van der Waals surface area contributed by atoms with Crippen molar-refractivity contribution in [2.75, 3.05) is 13.1 Å². The van der Waals surface area contributed by atoms with Gasteiger partial charge in [0.1, 0.15) is 0 Å². The van der Waals surface area contributed by atoms with Gasteiger partial charge in [-0.3, -0.25) is 14.2 Å². The van der Waals surface area contributed by atoms with Gasteiger partial charge in [0.05, 0.1) is 17.2 Å². The van der Waals surface area contributed by atoms with Crippen LogP contribution in [0.15, 0.2) is 29.3 Å². The largest absolute Gasteiger partial charge is 0.338 e. The highest BCUT2D eigenvalue weighted by atomic mass is 16.2. The van der Waals surface area contributed by atoms with Crippen LogP contribution in [-0.4, -0.2) is 39.5 Å². The molecule has 122 valence electrons. The zero-order valence-electron chi connectivity index (χ0n) is 13.4. The molecule has 0 spiro atoms. The number of likely N-dealkylation sites (tertiary alicyclic amines) is 1. The minimum Gasteiger partial charge on any atom is -0.338 e. The Kier molecular flexibility index (Phi) is 4.43. The first-order valence-electron chi connectivity index (χ1n) is 8.06. The van der Waals surface area contributed by atoms with E-state index in [1.54, 1.807) is 6.07 Å². The van der Waals surface area contributed by atoms with E-state index in [1.807, 2.05) is 24.0 Å². The van der Waals surface area contributed by atoms with Crippen LogP contribution in [0.5, 0.6) is 0 Å². The maximum Gasteiger partial charge on any atom is 0.261 e. The molecular formula is C17H22N4O2. The van der Waals surface area contributed by atoms with Crippen LogP contribution < -0.4 is 11.3 Å². The smallest absolute Gasteiger partial charge is 0.261 e. The van der Waals surface area contributed by atoms with Gasteiger partial charge in [0.2, 0.25) is 5.91 Å². The number of hydrogen-bond donors (Lipinski definition) is 1. The molecule has 6 heteroatoms. The van der Waals surface area contributed by atoms with Gasteiger partial charge in [0, 0.05) is 32.1 Å². The quantitative estimate of drug-likeness (QED) is 0.914. The van der Waals surface area contributed by atoms with Crippen LogP contribution in [0.4, 0.5) is 0 Å². The molecule has 1 atom stereocenters. The Hall–Kier alpha value is -2.21. The fourth-order valence-corrected chi connectivity index (χ4v) is 3.27. The van der Waals surface area contributed by atoms with Crippen molar-refractivity contribution in [3.63, 3.8) is 0 Å². The minimum atomic E-state index is -0.0942. The SMILES string of the molecule is Cc1cccc2c(=O)n(CCC(=O)N3CCCC3CN)cnc12. The summed E-state index contributed by atoms with van der Waals surface area (Å²) in [5.74, 6) is 0.0641. The van der Waals surface area contributed by atoms with Crippen molar-refractivity contribution < 1.29 is 4.79 Å². The fraction of sp³-hybridized carbons (Fsp3) is 0.471. The van der Waals surface area contributed by atoms with Crippen molar-refractivity contribution in [3.05, 3.63) is 40.4 Å². The van der Waals surface area contributed by atoms with Crippen LogP contribution in [0.1, 0.15) is 24.8 Å². The summed E-state index contributed by atoms with van der Waals surface area (Å²) in [4.78, 5) is 31.1. The van der Waals surface area contributed by atoms with Crippen molar-refractivity contribution in [2.24, 2.45) is 5.73 Å². The van der Waals surface area contributed by atoms with Crippen LogP contribution in [-0.2, 0) is 11.3 Å². The number of aromatic nitrogens is 2. The van der Waals surface area contributed by atoms with E-state index in [-0.39, 0.29) is 17.5 Å². The van der Waals surface area contributed by atoms with Crippen LogP contribution in [0.25, 0.3) is 10.9 Å². The molecule has 1 fully saturated rings. The monoisotopic (exact) mass is 314 g/mol. The zero-order chi connectivity index (χ0) is 16.4. The highest BCUT2D eigenvalue weighted by Crippen LogP contribution is 2.17. The third-order valence-corrected chi connectivity index (χ3v) is 4.59. The normalized spacial score (nSPS) is 17.8. The minimum absolute atomic E-state index is 0.0641. The summed E-state index contributed by atoms with van der Waals surface area (Å²) in [6, 6.07) is 5.72. The van der Waals surface area contributed by atoms with Crippen LogP contribution in [0, 0.1) is 6.92 Å². The van der Waals surface area contributed by atoms with Gasteiger partial charge in [-0.1, -0.05) is 12.1 Å². The first-order valence-corrected chi connectivity index (χ1v) is 8.06. The lowest BCUT2D eigenvalue weighted by molar-refractivity contribution is -0.132. The molecule has 3 rings (SSSR count). The molecule has 1 aromatic heterocycles. The first-order chi connectivity index (χ1) is 11.1. The summed E-state index contributed by atoms with van der Waals surface area (Å²) in [5.41, 5.74) is 7.32. The van der Waals surface area contributed by atoms with Gasteiger partial charge in [-0.2, -0.15) is 0 Å². The summed E-state index contributed by atoms with van der Waals surface area (Å²) in [6.07, 6.45) is 3.81. The van der Waals surface area contributed by atoms with E-state index in [0.29, 0.717) is 24.9 Å². The maximum atomic E-state index is 12.5. The van der Waals surface area contributed by atoms with Crippen molar-refractivity contribution in [1.82, 2.24) is 14.5 Å². The molecule has 23 heavy (non-hydrogen) atoms. The molecule has 2 heterocycles. The van der Waals surface area contributed by atoms with Crippen molar-refractivity contribution >= 4 is 16.8 Å². The van der Waals surface area contributed by atoms with E-state index in [2.05, 4.69) is 4.98 Å². The fourth-order valence-electron chi connectivity index (χ4n) is 3.27. The second-order valence-corrected chi connectivity index (χ2v) is 6.08. The van der Waals surface area contributed by atoms with Crippen LogP contribution >= 0.6 is 0 Å². The van der Waals surface area contributed by atoms with E-state index in [1.165, 1.54) is 10.9 Å². The summed E-state index contributed by atoms with van der Waals surface area (Å²) < 4.78 is 1.52. The average molecular weight is 314 g/mol. The first kappa shape index (κ1) is 15.7. The Bertz CT molecular complexity index is 784. The summed E-state index contributed by atoms with van der Waals surface area (Å²) in [7, 11) is 0. The molecule has 1 aromatic carbocycles. The number of nitrogens with zero attached hydrogens (tertiary/aromatic N) is 3. The third kappa shape index (κ3) is 2.99. The van der Waals surface area contributed by atoms with Crippen molar-refractivity contribution in [2.45, 2.75) is 38.8 Å². The Morgan fingerprint density at radius 3 is 3.04 bits per heavy atom. The second-order valence-electron chi connectivity index (χ2n) is 6.08. The third-order valence-electron chi connectivity index (χ3n) is 4.59. The number of nitrogens with two attached hydrogens (primary N) is 1. The van der Waals surface area contributed by atoms with Crippen LogP contribution in [0.2, 0.25) is 0 Å². The molecule has 0 saturated carbocycles. The van der Waals surface area contributed by atoms with Crippen molar-refractivity contribution in [3.8, 4) is 0 Å². The van der Waals surface area contributed by atoms with Gasteiger partial charge in [0.25, 0.3) is 5.56 Å². The highest BCUT2D eigenvalue weighted by Gasteiger charge is 2.27. The number of rotatable bonds is 4. The molecule has 1 unspecified atom stereocenters. The number of carbonyl (C=O) groups excluding carboxylic acids is 1. The van der Waals surface area contributed by atoms with Gasteiger partial charge in [-0.05, 0) is 31.4 Å². The molecule has 1 amide bonds. The molecule has 0 radical (unpaired) electrons. The molecule has 6 nitrogen and oxygen atoms in total. The van der Waals surface area contributed by atoms with Gasteiger partial charge in [-0.15, -0.1) is 0 Å². The molecule has 1 saturated heterocycles. The number of aryl methyl sites for hydroxylation is 2. The number of fused-ring (bicyclic) bond motifs is 1. The molecule has 1 aliphatic heterocycles. The summed E-state index contributed by atoms with van der Waals surface area (Å²) in [5, 5.41) is 0.598. The second kappa shape index (κ2) is 6.50. The Labute approximate surface area is 134 Å². The molecule has 2 N–H and O–H groups in total. The number of amides is 1. The summed E-state index contributed by atoms with van der Waals surface area (Å²) in [6.45, 7) is 3.55. The Balaban J connectivity index is 1.76. The van der Waals surface area contributed by atoms with E-state index < -0.39 is 0 Å². The average Bonchev–Trinajstić information content (AvgIpc) is 3.03. The predicted molar refractivity (Wildman–Crippen MR) is 89.1 cm³/mol. The lowest BCUT2D eigenvalue weighted by Crippen LogP contribution is -2.40. The molecular weight excluding hydrogens is 292 g/mol. The molecule has 1 aliphatic rings. The van der Waals surface area contributed by atoms with Crippen LogP contribution in [0.3, 0.4) is 0 Å². The van der Waals surface area contributed by atoms with Gasteiger partial charge >= 0.3 is 0 Å². The standard InChI is InChI=1S/C17H22N4O2/c1-12-4-2-6-14-16(12)19-11-20(17(14)23)9-7-15(22)21-8-3-5-13(21)10-18/h2,4,6,11,13H,3,5,7-10,18H2,1H3. The number of hydrogen-bond acceptors (Lipinski definition) is 4. The topological polar surface area (TPSA) is 81.2 Å². The lowest BCUT2D eigenvalue weighted by atomic mass is 10.1. The zero-order valence-corrected chi connectivity index (χ0v) is 13.4. The van der Waals surface area contributed by atoms with Crippen molar-refractivity contribution in [1.29, 1.82) is 0 Å². The number of para-hydroxylation sites is 1. The Morgan fingerprint density at radius 1 is 1.43 bits per heavy atom.